The fourth-order valence-electron chi connectivity index (χ4n) is 4.03. The summed E-state index contributed by atoms with van der Waals surface area (Å²) in [4.78, 5) is 0. The fraction of sp³-hybridized carbons (Fsp3) is 0.846. The van der Waals surface area contributed by atoms with Crippen LogP contribution in [-0.4, -0.2) is 0 Å². The Kier molecular flexibility index (Phi) is 2.25. The van der Waals surface area contributed by atoms with Crippen LogP contribution in [0.3, 0.4) is 0 Å². The number of fused-ring (bicyclic) bond motifs is 2. The third-order valence-electron chi connectivity index (χ3n) is 4.11. The second kappa shape index (κ2) is 3.15. The second-order valence-corrected chi connectivity index (χ2v) is 5.73. The second-order valence-electron chi connectivity index (χ2n) is 5.73. The molecule has 0 aliphatic heterocycles. The molecule has 2 bridgehead atoms. The van der Waals surface area contributed by atoms with Gasteiger partial charge in [0.1, 0.15) is 0 Å². The van der Waals surface area contributed by atoms with E-state index in [9.17, 15) is 0 Å². The van der Waals surface area contributed by atoms with E-state index in [1.54, 1.807) is 0 Å². The molecule has 2 fully saturated rings. The van der Waals surface area contributed by atoms with E-state index in [-0.39, 0.29) is 0 Å². The lowest BCUT2D eigenvalue weighted by atomic mass is 9.57. The largest absolute Gasteiger partial charge is 0.103 e. The topological polar surface area (TPSA) is 0 Å². The first-order valence-electron chi connectivity index (χ1n) is 5.77. The average Bonchev–Trinajstić information content (AvgIpc) is 2.01. The molecular weight excluding hydrogens is 156 g/mol. The van der Waals surface area contributed by atoms with Crippen molar-refractivity contribution in [3.05, 3.63) is 12.7 Å². The van der Waals surface area contributed by atoms with Gasteiger partial charge in [-0.15, -0.1) is 6.58 Å². The fourth-order valence-corrected chi connectivity index (χ4v) is 4.03. The Morgan fingerprint density at radius 2 is 1.62 bits per heavy atom. The quantitative estimate of drug-likeness (QED) is 0.532. The molecule has 0 radical (unpaired) electrons. The molecule has 2 saturated carbocycles. The van der Waals surface area contributed by atoms with E-state index in [0.29, 0.717) is 5.41 Å². The normalized spacial score (nSPS) is 50.2. The van der Waals surface area contributed by atoms with Gasteiger partial charge in [0, 0.05) is 0 Å². The molecule has 2 rings (SSSR count). The Morgan fingerprint density at radius 3 is 2.08 bits per heavy atom. The number of allylic oxidation sites excluding steroid dienone is 1. The molecule has 2 unspecified atom stereocenters. The third kappa shape index (κ3) is 1.68. The molecule has 0 N–H and O–H groups in total. The zero-order valence-electron chi connectivity index (χ0n) is 9.05. The number of hydrogen-bond acceptors (Lipinski definition) is 0. The molecule has 2 aliphatic rings. The molecule has 0 spiro atoms. The van der Waals surface area contributed by atoms with Crippen LogP contribution < -0.4 is 0 Å². The van der Waals surface area contributed by atoms with Gasteiger partial charge in [0.05, 0.1) is 0 Å². The summed E-state index contributed by atoms with van der Waals surface area (Å²) in [7, 11) is 0. The summed E-state index contributed by atoms with van der Waals surface area (Å²) >= 11 is 0. The Labute approximate surface area is 82.4 Å². The predicted octanol–water partition coefficient (Wildman–Crippen LogP) is 4.02. The average molecular weight is 178 g/mol. The molecule has 0 aromatic carbocycles. The first-order chi connectivity index (χ1) is 6.13. The van der Waals surface area contributed by atoms with Crippen LogP contribution in [0.15, 0.2) is 12.7 Å². The molecule has 0 heteroatoms. The first kappa shape index (κ1) is 9.30. The SMILES string of the molecule is C=CC12CC(C)CC(CC(C)C1)C2. The molecule has 0 saturated heterocycles. The minimum atomic E-state index is 0.528. The van der Waals surface area contributed by atoms with Gasteiger partial charge in [-0.3, -0.25) is 0 Å². The van der Waals surface area contributed by atoms with Crippen LogP contribution in [0.4, 0.5) is 0 Å². The standard InChI is InChI=1S/C13H22/c1-4-13-7-10(2)5-12(9-13)6-11(3)8-13/h4,10-12H,1,5-9H2,2-3H3. The maximum atomic E-state index is 4.06. The summed E-state index contributed by atoms with van der Waals surface area (Å²) in [5, 5.41) is 0. The predicted molar refractivity (Wildman–Crippen MR) is 57.5 cm³/mol. The Balaban J connectivity index is 2.18. The van der Waals surface area contributed by atoms with E-state index in [2.05, 4.69) is 26.5 Å². The van der Waals surface area contributed by atoms with Crippen LogP contribution in [0, 0.1) is 23.2 Å². The van der Waals surface area contributed by atoms with Gasteiger partial charge in [-0.1, -0.05) is 19.9 Å². The van der Waals surface area contributed by atoms with Gasteiger partial charge in [-0.25, -0.2) is 0 Å². The summed E-state index contributed by atoms with van der Waals surface area (Å²) in [5.41, 5.74) is 0.528. The van der Waals surface area contributed by atoms with Gasteiger partial charge in [0.15, 0.2) is 0 Å². The van der Waals surface area contributed by atoms with Crippen molar-refractivity contribution in [1.82, 2.24) is 0 Å². The molecule has 13 heavy (non-hydrogen) atoms. The van der Waals surface area contributed by atoms with Gasteiger partial charge in [-0.2, -0.15) is 0 Å². The Morgan fingerprint density at radius 1 is 1.08 bits per heavy atom. The van der Waals surface area contributed by atoms with Crippen LogP contribution in [-0.2, 0) is 0 Å². The van der Waals surface area contributed by atoms with Crippen LogP contribution in [0.2, 0.25) is 0 Å². The highest BCUT2D eigenvalue weighted by atomic mass is 14.5. The highest BCUT2D eigenvalue weighted by Gasteiger charge is 2.41. The minimum absolute atomic E-state index is 0.528. The van der Waals surface area contributed by atoms with E-state index in [1.807, 2.05) is 0 Å². The molecule has 2 atom stereocenters. The summed E-state index contributed by atoms with van der Waals surface area (Å²) in [6.07, 6.45) is 9.45. The van der Waals surface area contributed by atoms with Crippen LogP contribution in [0.5, 0.6) is 0 Å². The van der Waals surface area contributed by atoms with Crippen molar-refractivity contribution in [3.63, 3.8) is 0 Å². The maximum Gasteiger partial charge on any atom is -0.0113 e. The van der Waals surface area contributed by atoms with Gasteiger partial charge < -0.3 is 0 Å². The maximum absolute atomic E-state index is 4.06. The highest BCUT2D eigenvalue weighted by molar-refractivity contribution is 5.03. The number of hydrogen-bond donors (Lipinski definition) is 0. The minimum Gasteiger partial charge on any atom is -0.103 e. The van der Waals surface area contributed by atoms with Crippen LogP contribution >= 0.6 is 0 Å². The Hall–Kier alpha value is -0.260. The van der Waals surface area contributed by atoms with Crippen molar-refractivity contribution in [1.29, 1.82) is 0 Å². The van der Waals surface area contributed by atoms with Gasteiger partial charge >= 0.3 is 0 Å². The zero-order valence-corrected chi connectivity index (χ0v) is 9.05. The van der Waals surface area contributed by atoms with Crippen molar-refractivity contribution in [2.24, 2.45) is 23.2 Å². The molecule has 0 aromatic heterocycles. The summed E-state index contributed by atoms with van der Waals surface area (Å²) in [6.45, 7) is 8.90. The van der Waals surface area contributed by atoms with E-state index in [0.717, 1.165) is 17.8 Å². The summed E-state index contributed by atoms with van der Waals surface area (Å²) < 4.78 is 0. The molecule has 0 amide bonds. The monoisotopic (exact) mass is 178 g/mol. The lowest BCUT2D eigenvalue weighted by Crippen LogP contribution is -2.37. The molecule has 0 heterocycles. The third-order valence-corrected chi connectivity index (χ3v) is 4.11. The lowest BCUT2D eigenvalue weighted by Gasteiger charge is -2.48. The van der Waals surface area contributed by atoms with E-state index >= 15 is 0 Å². The molecule has 0 nitrogen and oxygen atoms in total. The molecule has 74 valence electrons. The smallest absolute Gasteiger partial charge is 0.0113 e. The van der Waals surface area contributed by atoms with Gasteiger partial charge in [0.25, 0.3) is 0 Å². The molecule has 0 aromatic rings. The van der Waals surface area contributed by atoms with Gasteiger partial charge in [0.2, 0.25) is 0 Å². The van der Waals surface area contributed by atoms with Crippen molar-refractivity contribution in [3.8, 4) is 0 Å². The van der Waals surface area contributed by atoms with Crippen LogP contribution in [0.25, 0.3) is 0 Å². The highest BCUT2D eigenvalue weighted by Crippen LogP contribution is 2.53. The van der Waals surface area contributed by atoms with Crippen molar-refractivity contribution < 1.29 is 0 Å². The van der Waals surface area contributed by atoms with E-state index in [4.69, 9.17) is 0 Å². The Bertz CT molecular complexity index is 185. The summed E-state index contributed by atoms with van der Waals surface area (Å²) in [6, 6.07) is 0. The van der Waals surface area contributed by atoms with Gasteiger partial charge in [-0.05, 0) is 55.3 Å². The van der Waals surface area contributed by atoms with E-state index < -0.39 is 0 Å². The van der Waals surface area contributed by atoms with Crippen LogP contribution in [0.1, 0.15) is 46.0 Å². The van der Waals surface area contributed by atoms with Crippen molar-refractivity contribution in [2.45, 2.75) is 46.0 Å². The summed E-state index contributed by atoms with van der Waals surface area (Å²) in [5.74, 6) is 2.87. The molecular formula is C13H22. The molecule has 2 aliphatic carbocycles. The van der Waals surface area contributed by atoms with Crippen molar-refractivity contribution >= 4 is 0 Å². The zero-order chi connectivity index (χ0) is 9.47. The lowest BCUT2D eigenvalue weighted by molar-refractivity contribution is 0.0559. The van der Waals surface area contributed by atoms with E-state index in [1.165, 1.54) is 32.1 Å². The first-order valence-corrected chi connectivity index (χ1v) is 5.77. The van der Waals surface area contributed by atoms with Crippen molar-refractivity contribution in [2.75, 3.05) is 0 Å². The number of rotatable bonds is 1.